The molecule has 1 aliphatic rings. The van der Waals surface area contributed by atoms with E-state index in [-0.39, 0.29) is 42.5 Å². The maximum Gasteiger partial charge on any atom is 0.362 e. The van der Waals surface area contributed by atoms with Crippen LogP contribution >= 0.6 is 11.6 Å². The first-order valence-corrected chi connectivity index (χ1v) is 10.8. The second-order valence-corrected chi connectivity index (χ2v) is 9.58. The molecule has 4 N–H and O–H groups in total. The molecule has 4 aromatic rings. The molecule has 0 bridgehead atoms. The number of nitrogens with zero attached hydrogens (tertiary/aromatic N) is 2. The molecular formula is C19H15ClN4O5S. The Hall–Kier alpha value is -3.08. The van der Waals surface area contributed by atoms with Crippen LogP contribution in [0.2, 0.25) is 5.02 Å². The number of halogens is 1. The average Bonchev–Trinajstić information content (AvgIpc) is 3.27. The molecule has 1 fully saturated rings. The number of sulfone groups is 1. The fraction of sp³-hybridized carbons (Fsp3) is 0.158. The van der Waals surface area contributed by atoms with Crippen LogP contribution in [0.15, 0.2) is 62.0 Å². The lowest BCUT2D eigenvalue weighted by atomic mass is 10.2. The highest BCUT2D eigenvalue weighted by Gasteiger charge is 2.36. The van der Waals surface area contributed by atoms with E-state index in [1.165, 1.54) is 18.2 Å². The molecule has 0 unspecified atom stereocenters. The molecule has 0 aliphatic heterocycles. The Morgan fingerprint density at radius 3 is 2.60 bits per heavy atom. The lowest BCUT2D eigenvalue weighted by Crippen LogP contribution is -2.33. The number of benzene rings is 2. The summed E-state index contributed by atoms with van der Waals surface area (Å²) < 4.78 is 28.6. The number of nitrogens with one attached hydrogen (secondary N) is 1. The van der Waals surface area contributed by atoms with E-state index in [1.807, 2.05) is 16.8 Å². The van der Waals surface area contributed by atoms with Crippen LogP contribution in [-0.4, -0.2) is 33.9 Å². The third kappa shape index (κ3) is 2.61. The summed E-state index contributed by atoms with van der Waals surface area (Å²) in [4.78, 5) is 26.1. The van der Waals surface area contributed by atoms with E-state index in [4.69, 9.17) is 17.3 Å². The first kappa shape index (κ1) is 18.9. The van der Waals surface area contributed by atoms with Crippen molar-refractivity contribution in [2.75, 3.05) is 0 Å². The Labute approximate surface area is 173 Å². The topological polar surface area (TPSA) is 140 Å². The van der Waals surface area contributed by atoms with Gasteiger partial charge in [-0.1, -0.05) is 22.4 Å². The van der Waals surface area contributed by atoms with Crippen LogP contribution in [0.25, 0.3) is 21.8 Å². The Morgan fingerprint density at radius 1 is 1.17 bits per heavy atom. The number of rotatable bonds is 3. The van der Waals surface area contributed by atoms with E-state index in [0.29, 0.717) is 0 Å². The van der Waals surface area contributed by atoms with E-state index in [9.17, 15) is 23.2 Å². The van der Waals surface area contributed by atoms with E-state index in [1.54, 1.807) is 12.1 Å². The highest BCUT2D eigenvalue weighted by Crippen LogP contribution is 2.38. The molecule has 11 heteroatoms. The molecule has 1 aliphatic carbocycles. The van der Waals surface area contributed by atoms with E-state index >= 15 is 0 Å². The minimum atomic E-state index is -4.14. The molecule has 0 spiro atoms. The smallest absolute Gasteiger partial charge is 0.362 e. The quantitative estimate of drug-likeness (QED) is 0.408. The average molecular weight is 447 g/mol. The number of aromatic amines is 1. The van der Waals surface area contributed by atoms with Gasteiger partial charge in [-0.15, -0.1) is 0 Å². The van der Waals surface area contributed by atoms with Gasteiger partial charge in [0.1, 0.15) is 0 Å². The Morgan fingerprint density at radius 2 is 1.90 bits per heavy atom. The third-order valence-electron chi connectivity index (χ3n) is 5.40. The minimum Gasteiger partial charge on any atom is -0.421 e. The summed E-state index contributed by atoms with van der Waals surface area (Å²) in [6.45, 7) is 0. The van der Waals surface area contributed by atoms with Crippen molar-refractivity contribution in [2.24, 2.45) is 5.73 Å². The minimum absolute atomic E-state index is 0.0122. The molecule has 0 amide bonds. The molecule has 154 valence electrons. The Balaban J connectivity index is 1.77. The van der Waals surface area contributed by atoms with Crippen molar-refractivity contribution in [3.8, 4) is 0 Å². The van der Waals surface area contributed by atoms with Gasteiger partial charge in [0, 0.05) is 17.8 Å². The lowest BCUT2D eigenvalue weighted by Gasteiger charge is -2.11. The molecule has 2 atom stereocenters. The second kappa shape index (κ2) is 6.21. The van der Waals surface area contributed by atoms with Crippen LogP contribution in [0.4, 0.5) is 0 Å². The van der Waals surface area contributed by atoms with Crippen molar-refractivity contribution in [3.63, 3.8) is 0 Å². The monoisotopic (exact) mass is 446 g/mol. The van der Waals surface area contributed by atoms with Gasteiger partial charge in [-0.25, -0.2) is 13.2 Å². The number of hydrogen-bond acceptors (Lipinski definition) is 6. The van der Waals surface area contributed by atoms with Crippen molar-refractivity contribution < 1.29 is 13.6 Å². The molecule has 0 saturated heterocycles. The molecule has 2 aromatic carbocycles. The standard InChI is InChI=1S/C19H15ClN4O5S/c20-11-3-4-15(17-16(11)18(25)24(27)19(26)22-17)30(28,29)10-2-1-9-5-6-23(13(9)7-10)14-8-12(14)21/h1-7,12,14,27H,8,21H2,(H,22,26)/t12-,14-/m1/s1. The lowest BCUT2D eigenvalue weighted by molar-refractivity contribution is 0.162. The first-order chi connectivity index (χ1) is 14.2. The summed E-state index contributed by atoms with van der Waals surface area (Å²) in [7, 11) is -4.14. The van der Waals surface area contributed by atoms with Gasteiger partial charge >= 0.3 is 5.69 Å². The SMILES string of the molecule is N[C@@H]1C[C@H]1n1ccc2ccc(S(=O)(=O)c3ccc(Cl)c4c(=O)n(O)c(=O)[nH]c34)cc21. The number of aromatic nitrogens is 3. The van der Waals surface area contributed by atoms with Crippen molar-refractivity contribution in [2.45, 2.75) is 28.3 Å². The molecular weight excluding hydrogens is 432 g/mol. The Bertz CT molecular complexity index is 1580. The van der Waals surface area contributed by atoms with E-state index in [2.05, 4.69) is 4.98 Å². The van der Waals surface area contributed by atoms with Crippen LogP contribution in [0, 0.1) is 0 Å². The summed E-state index contributed by atoms with van der Waals surface area (Å²) >= 11 is 6.04. The summed E-state index contributed by atoms with van der Waals surface area (Å²) in [5.41, 5.74) is 4.13. The zero-order chi connectivity index (χ0) is 21.4. The summed E-state index contributed by atoms with van der Waals surface area (Å²) in [5.74, 6) is 0. The number of fused-ring (bicyclic) bond motifs is 2. The second-order valence-electron chi connectivity index (χ2n) is 7.26. The van der Waals surface area contributed by atoms with Crippen LogP contribution < -0.4 is 17.0 Å². The molecule has 1 saturated carbocycles. The molecule has 30 heavy (non-hydrogen) atoms. The first-order valence-electron chi connectivity index (χ1n) is 8.98. The molecule has 2 aromatic heterocycles. The number of hydrogen-bond donors (Lipinski definition) is 3. The molecule has 0 radical (unpaired) electrons. The maximum absolute atomic E-state index is 13.4. The van der Waals surface area contributed by atoms with Crippen molar-refractivity contribution in [1.82, 2.24) is 14.3 Å². The maximum atomic E-state index is 13.4. The predicted molar refractivity (Wildman–Crippen MR) is 110 cm³/mol. The summed E-state index contributed by atoms with van der Waals surface area (Å²) in [6, 6.07) is 9.19. The zero-order valence-electron chi connectivity index (χ0n) is 15.2. The number of H-pyrrole nitrogens is 1. The fourth-order valence-corrected chi connectivity index (χ4v) is 5.38. The van der Waals surface area contributed by atoms with Crippen LogP contribution in [-0.2, 0) is 9.84 Å². The van der Waals surface area contributed by atoms with Gasteiger partial charge in [-0.2, -0.15) is 0 Å². The van der Waals surface area contributed by atoms with Crippen LogP contribution in [0.5, 0.6) is 0 Å². The normalized spacial score (nSPS) is 18.9. The highest BCUT2D eigenvalue weighted by atomic mass is 35.5. The fourth-order valence-electron chi connectivity index (χ4n) is 3.71. The number of nitrogens with two attached hydrogens (primary N) is 1. The van der Waals surface area contributed by atoms with Crippen molar-refractivity contribution in [3.05, 3.63) is 68.5 Å². The molecule has 5 rings (SSSR count). The Kier molecular flexibility index (Phi) is 3.91. The van der Waals surface area contributed by atoms with E-state index < -0.39 is 21.1 Å². The largest absolute Gasteiger partial charge is 0.421 e. The summed E-state index contributed by atoms with van der Waals surface area (Å²) in [5, 5.41) is 10.1. The van der Waals surface area contributed by atoms with Gasteiger partial charge in [-0.05, 0) is 42.1 Å². The van der Waals surface area contributed by atoms with Gasteiger partial charge in [0.25, 0.3) is 5.56 Å². The van der Waals surface area contributed by atoms with Gasteiger partial charge in [0.05, 0.1) is 31.8 Å². The van der Waals surface area contributed by atoms with Gasteiger partial charge in [-0.3, -0.25) is 4.79 Å². The molecule has 9 nitrogen and oxygen atoms in total. The summed E-state index contributed by atoms with van der Waals surface area (Å²) in [6.07, 6.45) is 2.69. The van der Waals surface area contributed by atoms with Gasteiger partial charge < -0.3 is 20.5 Å². The zero-order valence-corrected chi connectivity index (χ0v) is 16.8. The highest BCUT2D eigenvalue weighted by molar-refractivity contribution is 7.91. The van der Waals surface area contributed by atoms with Gasteiger partial charge in [0.2, 0.25) is 9.84 Å². The molecule has 2 heterocycles. The van der Waals surface area contributed by atoms with Crippen LogP contribution in [0.1, 0.15) is 12.5 Å². The predicted octanol–water partition coefficient (Wildman–Crippen LogP) is 1.64. The van der Waals surface area contributed by atoms with Gasteiger partial charge in [0.15, 0.2) is 0 Å². The van der Waals surface area contributed by atoms with Crippen molar-refractivity contribution >= 4 is 43.2 Å². The third-order valence-corrected chi connectivity index (χ3v) is 7.51. The van der Waals surface area contributed by atoms with Crippen molar-refractivity contribution in [1.29, 1.82) is 0 Å². The van der Waals surface area contributed by atoms with Crippen LogP contribution in [0.3, 0.4) is 0 Å². The van der Waals surface area contributed by atoms with E-state index in [0.717, 1.165) is 17.3 Å².